The fourth-order valence-electron chi connectivity index (χ4n) is 2.19. The van der Waals surface area contributed by atoms with E-state index in [0.717, 1.165) is 27.4 Å². The van der Waals surface area contributed by atoms with E-state index < -0.39 is 0 Å². The number of anilines is 1. The Bertz CT molecular complexity index is 915. The molecule has 1 amide bonds. The van der Waals surface area contributed by atoms with E-state index in [4.69, 9.17) is 4.98 Å². The van der Waals surface area contributed by atoms with Gasteiger partial charge in [0, 0.05) is 16.2 Å². The Labute approximate surface area is 155 Å². The summed E-state index contributed by atoms with van der Waals surface area (Å²) < 4.78 is 0. The average Bonchev–Trinajstić information content (AvgIpc) is 2.96. The molecule has 1 N–H and O–H groups in total. The molecule has 1 aromatic carbocycles. The van der Waals surface area contributed by atoms with Crippen molar-refractivity contribution in [1.29, 1.82) is 0 Å². The van der Waals surface area contributed by atoms with Gasteiger partial charge in [0.1, 0.15) is 10.9 Å². The second-order valence-electron chi connectivity index (χ2n) is 6.75. The molecular formula is C18H20N4OS2. The molecule has 0 aliphatic carbocycles. The largest absolute Gasteiger partial charge is 0.301 e. The van der Waals surface area contributed by atoms with Crippen LogP contribution >= 0.6 is 23.1 Å². The van der Waals surface area contributed by atoms with E-state index in [1.165, 1.54) is 23.1 Å². The third-order valence-corrected chi connectivity index (χ3v) is 5.31. The van der Waals surface area contributed by atoms with Crippen LogP contribution in [0.1, 0.15) is 32.3 Å². The van der Waals surface area contributed by atoms with Crippen LogP contribution in [0.2, 0.25) is 0 Å². The van der Waals surface area contributed by atoms with Crippen molar-refractivity contribution >= 4 is 45.0 Å². The molecule has 2 aromatic heterocycles. The number of thioether (sulfide) groups is 1. The second-order valence-corrected chi connectivity index (χ2v) is 8.57. The molecule has 0 saturated carbocycles. The van der Waals surface area contributed by atoms with E-state index in [1.54, 1.807) is 0 Å². The number of amides is 1. The van der Waals surface area contributed by atoms with Crippen LogP contribution in [0.4, 0.5) is 5.13 Å². The van der Waals surface area contributed by atoms with Gasteiger partial charge in [0.25, 0.3) is 0 Å². The number of nitrogens with zero attached hydrogens (tertiary/aromatic N) is 3. The van der Waals surface area contributed by atoms with Crippen molar-refractivity contribution in [3.05, 3.63) is 41.2 Å². The van der Waals surface area contributed by atoms with Crippen LogP contribution in [0.15, 0.2) is 34.7 Å². The highest BCUT2D eigenvalue weighted by Crippen LogP contribution is 2.29. The lowest BCUT2D eigenvalue weighted by molar-refractivity contribution is -0.113. The second kappa shape index (κ2) is 7.09. The van der Waals surface area contributed by atoms with Gasteiger partial charge in [-0.2, -0.15) is 0 Å². The van der Waals surface area contributed by atoms with Crippen LogP contribution < -0.4 is 5.32 Å². The van der Waals surface area contributed by atoms with E-state index >= 15 is 0 Å². The summed E-state index contributed by atoms with van der Waals surface area (Å²) in [5, 5.41) is 7.18. The van der Waals surface area contributed by atoms with Crippen LogP contribution in [-0.2, 0) is 10.2 Å². The standard InChI is InChI=1S/C18H20N4OS2/c1-11-9-25-17(19-11)21-14(23)10-24-15-12-7-5-6-8-13(12)20-16(22-15)18(2,3)4/h5-9H,10H2,1-4H3,(H,19,21,23). The Kier molecular flexibility index (Phi) is 5.06. The van der Waals surface area contributed by atoms with E-state index in [2.05, 4.69) is 36.1 Å². The summed E-state index contributed by atoms with van der Waals surface area (Å²) >= 11 is 2.86. The highest BCUT2D eigenvalue weighted by atomic mass is 32.2. The van der Waals surface area contributed by atoms with Crippen LogP contribution in [0.5, 0.6) is 0 Å². The molecule has 0 fully saturated rings. The Morgan fingerprint density at radius 2 is 1.96 bits per heavy atom. The van der Waals surface area contributed by atoms with Crippen molar-refractivity contribution in [2.75, 3.05) is 11.1 Å². The van der Waals surface area contributed by atoms with Gasteiger partial charge in [-0.25, -0.2) is 15.0 Å². The minimum Gasteiger partial charge on any atom is -0.301 e. The Hall–Kier alpha value is -1.99. The average molecular weight is 373 g/mol. The van der Waals surface area contributed by atoms with E-state index in [1.807, 2.05) is 36.6 Å². The van der Waals surface area contributed by atoms with Gasteiger partial charge >= 0.3 is 0 Å². The summed E-state index contributed by atoms with van der Waals surface area (Å²) in [6, 6.07) is 7.90. The van der Waals surface area contributed by atoms with Crippen molar-refractivity contribution in [3.8, 4) is 0 Å². The highest BCUT2D eigenvalue weighted by Gasteiger charge is 2.20. The zero-order chi connectivity index (χ0) is 18.0. The lowest BCUT2D eigenvalue weighted by atomic mass is 9.95. The molecule has 25 heavy (non-hydrogen) atoms. The molecule has 0 unspecified atom stereocenters. The third-order valence-electron chi connectivity index (χ3n) is 3.44. The normalized spacial score (nSPS) is 11.7. The number of para-hydroxylation sites is 1. The number of hydrogen-bond acceptors (Lipinski definition) is 6. The first kappa shape index (κ1) is 17.8. The number of benzene rings is 1. The molecule has 2 heterocycles. The van der Waals surface area contributed by atoms with Gasteiger partial charge in [-0.15, -0.1) is 11.3 Å². The number of nitrogens with one attached hydrogen (secondary N) is 1. The fourth-order valence-corrected chi connectivity index (χ4v) is 3.72. The maximum absolute atomic E-state index is 12.2. The molecule has 0 bridgehead atoms. The lowest BCUT2D eigenvalue weighted by Gasteiger charge is -2.18. The number of thiazole rings is 1. The number of carbonyl (C=O) groups excluding carboxylic acids is 1. The summed E-state index contributed by atoms with van der Waals surface area (Å²) in [5.74, 6) is 0.979. The quantitative estimate of drug-likeness (QED) is 0.542. The summed E-state index contributed by atoms with van der Waals surface area (Å²) in [7, 11) is 0. The number of aromatic nitrogens is 3. The molecule has 3 rings (SSSR count). The number of fused-ring (bicyclic) bond motifs is 1. The maximum Gasteiger partial charge on any atom is 0.236 e. The molecule has 5 nitrogen and oxygen atoms in total. The van der Waals surface area contributed by atoms with Gasteiger partial charge in [0.2, 0.25) is 5.91 Å². The predicted octanol–water partition coefficient (Wildman–Crippen LogP) is 4.42. The lowest BCUT2D eigenvalue weighted by Crippen LogP contribution is -2.17. The van der Waals surface area contributed by atoms with Gasteiger partial charge in [-0.05, 0) is 13.0 Å². The summed E-state index contributed by atoms with van der Waals surface area (Å²) in [6.07, 6.45) is 0. The summed E-state index contributed by atoms with van der Waals surface area (Å²) in [5.41, 5.74) is 1.66. The SMILES string of the molecule is Cc1csc(NC(=O)CSc2nc(C(C)(C)C)nc3ccccc23)n1. The molecule has 7 heteroatoms. The van der Waals surface area contributed by atoms with Crippen molar-refractivity contribution in [3.63, 3.8) is 0 Å². The number of aryl methyl sites for hydroxylation is 1. The van der Waals surface area contributed by atoms with Crippen LogP contribution in [0.25, 0.3) is 10.9 Å². The van der Waals surface area contributed by atoms with Gasteiger partial charge in [-0.3, -0.25) is 4.79 Å². The molecule has 130 valence electrons. The zero-order valence-electron chi connectivity index (χ0n) is 14.7. The molecular weight excluding hydrogens is 352 g/mol. The maximum atomic E-state index is 12.2. The van der Waals surface area contributed by atoms with Crippen molar-refractivity contribution < 1.29 is 4.79 Å². The molecule has 0 aliphatic rings. The monoisotopic (exact) mass is 372 g/mol. The van der Waals surface area contributed by atoms with E-state index in [9.17, 15) is 4.79 Å². The number of rotatable bonds is 4. The first-order valence-electron chi connectivity index (χ1n) is 7.95. The predicted molar refractivity (Wildman–Crippen MR) is 104 cm³/mol. The first-order valence-corrected chi connectivity index (χ1v) is 9.81. The van der Waals surface area contributed by atoms with E-state index in [0.29, 0.717) is 5.13 Å². The third kappa shape index (κ3) is 4.35. The zero-order valence-corrected chi connectivity index (χ0v) is 16.3. The smallest absolute Gasteiger partial charge is 0.236 e. The Morgan fingerprint density at radius 3 is 2.64 bits per heavy atom. The van der Waals surface area contributed by atoms with Crippen LogP contribution in [-0.4, -0.2) is 26.6 Å². The molecule has 0 saturated heterocycles. The minimum atomic E-state index is -0.153. The minimum absolute atomic E-state index is 0.0839. The highest BCUT2D eigenvalue weighted by molar-refractivity contribution is 8.00. The summed E-state index contributed by atoms with van der Waals surface area (Å²) in [6.45, 7) is 8.16. The van der Waals surface area contributed by atoms with Crippen LogP contribution in [0, 0.1) is 6.92 Å². The fraction of sp³-hybridized carbons (Fsp3) is 0.333. The Morgan fingerprint density at radius 1 is 1.20 bits per heavy atom. The van der Waals surface area contributed by atoms with Gasteiger partial charge < -0.3 is 5.32 Å². The molecule has 3 aromatic rings. The summed E-state index contributed by atoms with van der Waals surface area (Å²) in [4.78, 5) is 25.8. The first-order chi connectivity index (χ1) is 11.8. The van der Waals surface area contributed by atoms with Crippen molar-refractivity contribution in [2.24, 2.45) is 0 Å². The van der Waals surface area contributed by atoms with Crippen LogP contribution in [0.3, 0.4) is 0 Å². The van der Waals surface area contributed by atoms with E-state index in [-0.39, 0.29) is 17.1 Å². The van der Waals surface area contributed by atoms with Gasteiger partial charge in [-0.1, -0.05) is 50.7 Å². The van der Waals surface area contributed by atoms with Crippen molar-refractivity contribution in [1.82, 2.24) is 15.0 Å². The number of carbonyl (C=O) groups is 1. The van der Waals surface area contributed by atoms with Gasteiger partial charge in [0.05, 0.1) is 17.0 Å². The number of hydrogen-bond donors (Lipinski definition) is 1. The van der Waals surface area contributed by atoms with Gasteiger partial charge in [0.15, 0.2) is 5.13 Å². The van der Waals surface area contributed by atoms with Crippen molar-refractivity contribution in [2.45, 2.75) is 38.1 Å². The molecule has 0 spiro atoms. The topological polar surface area (TPSA) is 67.8 Å². The Balaban J connectivity index is 1.81. The molecule has 0 atom stereocenters. The molecule has 0 radical (unpaired) electrons. The molecule has 0 aliphatic heterocycles.